The first kappa shape index (κ1) is 26.2. The van der Waals surface area contributed by atoms with Crippen LogP contribution in [-0.2, 0) is 29.0 Å². The Morgan fingerprint density at radius 2 is 1.40 bits per heavy atom. The van der Waals surface area contributed by atoms with Crippen LogP contribution >= 0.6 is 0 Å². The summed E-state index contributed by atoms with van der Waals surface area (Å²) in [5.74, 6) is -0.0872. The van der Waals surface area contributed by atoms with Crippen molar-refractivity contribution >= 4 is 11.8 Å². The van der Waals surface area contributed by atoms with Gasteiger partial charge in [-0.15, -0.1) is 0 Å². The molecule has 0 radical (unpaired) electrons. The lowest BCUT2D eigenvalue weighted by Gasteiger charge is -2.32. The summed E-state index contributed by atoms with van der Waals surface area (Å²) >= 11 is 0. The van der Waals surface area contributed by atoms with Crippen LogP contribution in [0.15, 0.2) is 78.9 Å². The lowest BCUT2D eigenvalue weighted by atomic mass is 10.0. The topological polar surface area (TPSA) is 49.4 Å². The van der Waals surface area contributed by atoms with E-state index in [1.807, 2.05) is 49.4 Å². The van der Waals surface area contributed by atoms with Gasteiger partial charge >= 0.3 is 0 Å². The molecular formula is C31H38N2O2. The van der Waals surface area contributed by atoms with Gasteiger partial charge in [-0.2, -0.15) is 0 Å². The van der Waals surface area contributed by atoms with Gasteiger partial charge in [0.2, 0.25) is 11.8 Å². The van der Waals surface area contributed by atoms with E-state index in [1.54, 1.807) is 4.90 Å². The maximum atomic E-state index is 13.7. The number of benzene rings is 3. The Morgan fingerprint density at radius 3 is 2.00 bits per heavy atom. The molecule has 0 fully saturated rings. The highest BCUT2D eigenvalue weighted by Gasteiger charge is 2.30. The first-order valence-electron chi connectivity index (χ1n) is 12.7. The zero-order valence-corrected chi connectivity index (χ0v) is 21.3. The molecule has 0 saturated heterocycles. The fraction of sp³-hybridized carbons (Fsp3) is 0.355. The van der Waals surface area contributed by atoms with Crippen LogP contribution in [0.4, 0.5) is 0 Å². The summed E-state index contributed by atoms with van der Waals surface area (Å²) in [6.07, 6.45) is 3.43. The van der Waals surface area contributed by atoms with Crippen molar-refractivity contribution in [2.75, 3.05) is 6.54 Å². The predicted molar refractivity (Wildman–Crippen MR) is 143 cm³/mol. The Morgan fingerprint density at radius 1 is 0.800 bits per heavy atom. The number of amides is 2. The maximum absolute atomic E-state index is 13.7. The van der Waals surface area contributed by atoms with Crippen LogP contribution in [0.2, 0.25) is 0 Å². The molecule has 0 heterocycles. The van der Waals surface area contributed by atoms with Crippen LogP contribution < -0.4 is 5.32 Å². The molecule has 3 rings (SSSR count). The van der Waals surface area contributed by atoms with E-state index >= 15 is 0 Å². The van der Waals surface area contributed by atoms with Gasteiger partial charge in [-0.1, -0.05) is 103 Å². The van der Waals surface area contributed by atoms with Crippen molar-refractivity contribution < 1.29 is 9.59 Å². The Kier molecular flexibility index (Phi) is 10.1. The van der Waals surface area contributed by atoms with Gasteiger partial charge in [0.25, 0.3) is 0 Å². The van der Waals surface area contributed by atoms with Crippen LogP contribution in [0.1, 0.15) is 54.0 Å². The molecule has 1 atom stereocenters. The average molecular weight is 471 g/mol. The normalized spacial score (nSPS) is 11.6. The molecular weight excluding hydrogens is 432 g/mol. The van der Waals surface area contributed by atoms with Crippen LogP contribution in [-0.4, -0.2) is 29.3 Å². The molecule has 0 aliphatic rings. The summed E-state index contributed by atoms with van der Waals surface area (Å²) in [5.41, 5.74) is 5.57. The van der Waals surface area contributed by atoms with Gasteiger partial charge in [-0.05, 0) is 43.4 Å². The van der Waals surface area contributed by atoms with E-state index in [4.69, 9.17) is 0 Å². The van der Waals surface area contributed by atoms with Crippen LogP contribution in [0.25, 0.3) is 0 Å². The number of rotatable bonds is 12. The lowest BCUT2D eigenvalue weighted by Crippen LogP contribution is -2.50. The number of nitrogens with one attached hydrogen (secondary N) is 1. The summed E-state index contributed by atoms with van der Waals surface area (Å²) in [7, 11) is 0. The minimum Gasteiger partial charge on any atom is -0.354 e. The van der Waals surface area contributed by atoms with Crippen molar-refractivity contribution in [3.63, 3.8) is 0 Å². The highest BCUT2D eigenvalue weighted by molar-refractivity contribution is 5.88. The number of hydrogen-bond donors (Lipinski definition) is 1. The molecule has 0 aromatic heterocycles. The highest BCUT2D eigenvalue weighted by Crippen LogP contribution is 2.17. The van der Waals surface area contributed by atoms with E-state index in [2.05, 4.69) is 55.6 Å². The van der Waals surface area contributed by atoms with Gasteiger partial charge in [0, 0.05) is 25.9 Å². The highest BCUT2D eigenvalue weighted by atomic mass is 16.2. The van der Waals surface area contributed by atoms with Crippen molar-refractivity contribution in [3.8, 4) is 0 Å². The lowest BCUT2D eigenvalue weighted by molar-refractivity contribution is -0.141. The second kappa shape index (κ2) is 13.5. The second-order valence-corrected chi connectivity index (χ2v) is 9.34. The van der Waals surface area contributed by atoms with E-state index in [0.717, 1.165) is 29.5 Å². The van der Waals surface area contributed by atoms with E-state index in [9.17, 15) is 9.59 Å². The van der Waals surface area contributed by atoms with Gasteiger partial charge in [0.15, 0.2) is 0 Å². The minimum absolute atomic E-state index is 0.00211. The van der Waals surface area contributed by atoms with E-state index in [1.165, 1.54) is 11.1 Å². The average Bonchev–Trinajstić information content (AvgIpc) is 2.87. The van der Waals surface area contributed by atoms with E-state index in [0.29, 0.717) is 32.4 Å². The molecule has 4 heteroatoms. The summed E-state index contributed by atoms with van der Waals surface area (Å²) < 4.78 is 0. The third kappa shape index (κ3) is 8.40. The van der Waals surface area contributed by atoms with Crippen LogP contribution in [0, 0.1) is 13.8 Å². The maximum Gasteiger partial charge on any atom is 0.243 e. The smallest absolute Gasteiger partial charge is 0.243 e. The summed E-state index contributed by atoms with van der Waals surface area (Å²) in [6.45, 7) is 7.24. The molecule has 0 aliphatic carbocycles. The standard InChI is InChI=1S/C31H38N2O2/c1-4-5-21-32-31(35)29(22-27-9-7-6-8-10-27)33(23-28-17-13-25(3)14-18-28)30(34)20-19-26-15-11-24(2)12-16-26/h6-18,29H,4-5,19-23H2,1-3H3,(H,32,35)/t29-/m0/s1. The van der Waals surface area contributed by atoms with E-state index in [-0.39, 0.29) is 11.8 Å². The Bertz CT molecular complexity index is 1060. The third-order valence-electron chi connectivity index (χ3n) is 6.32. The predicted octanol–water partition coefficient (Wildman–Crippen LogP) is 5.79. The summed E-state index contributed by atoms with van der Waals surface area (Å²) in [4.78, 5) is 28.9. The molecule has 0 aliphatic heterocycles. The number of carbonyl (C=O) groups is 2. The van der Waals surface area contributed by atoms with Crippen molar-refractivity contribution in [3.05, 3.63) is 107 Å². The van der Waals surface area contributed by atoms with Gasteiger partial charge < -0.3 is 10.2 Å². The van der Waals surface area contributed by atoms with Gasteiger partial charge in [0.1, 0.15) is 6.04 Å². The number of nitrogens with zero attached hydrogens (tertiary/aromatic N) is 1. The molecule has 0 spiro atoms. The Hall–Kier alpha value is -3.40. The molecule has 3 aromatic rings. The van der Waals surface area contributed by atoms with Crippen molar-refractivity contribution in [2.24, 2.45) is 0 Å². The molecule has 3 aromatic carbocycles. The first-order chi connectivity index (χ1) is 17.0. The first-order valence-corrected chi connectivity index (χ1v) is 12.7. The summed E-state index contributed by atoms with van der Waals surface area (Å²) in [6, 6.07) is 25.9. The van der Waals surface area contributed by atoms with Crippen molar-refractivity contribution in [2.45, 2.75) is 65.5 Å². The Balaban J connectivity index is 1.86. The van der Waals surface area contributed by atoms with Crippen LogP contribution in [0.5, 0.6) is 0 Å². The van der Waals surface area contributed by atoms with Crippen molar-refractivity contribution in [1.29, 1.82) is 0 Å². The monoisotopic (exact) mass is 470 g/mol. The minimum atomic E-state index is -0.568. The zero-order valence-electron chi connectivity index (χ0n) is 21.3. The number of hydrogen-bond acceptors (Lipinski definition) is 2. The summed E-state index contributed by atoms with van der Waals surface area (Å²) in [5, 5.41) is 3.08. The van der Waals surface area contributed by atoms with Gasteiger partial charge in [0.05, 0.1) is 0 Å². The molecule has 184 valence electrons. The van der Waals surface area contributed by atoms with Crippen LogP contribution in [0.3, 0.4) is 0 Å². The molecule has 0 bridgehead atoms. The zero-order chi connectivity index (χ0) is 25.0. The molecule has 35 heavy (non-hydrogen) atoms. The fourth-order valence-corrected chi connectivity index (χ4v) is 4.10. The van der Waals surface area contributed by atoms with Gasteiger partial charge in [-0.25, -0.2) is 0 Å². The second-order valence-electron chi connectivity index (χ2n) is 9.34. The molecule has 1 N–H and O–H groups in total. The Labute approximate surface area is 210 Å². The largest absolute Gasteiger partial charge is 0.354 e. The molecule has 2 amide bonds. The van der Waals surface area contributed by atoms with Gasteiger partial charge in [-0.3, -0.25) is 9.59 Å². The SMILES string of the molecule is CCCCNC(=O)[C@H](Cc1ccccc1)N(Cc1ccc(C)cc1)C(=O)CCc1ccc(C)cc1. The molecule has 0 unspecified atom stereocenters. The quantitative estimate of drug-likeness (QED) is 0.341. The van der Waals surface area contributed by atoms with Crippen molar-refractivity contribution in [1.82, 2.24) is 10.2 Å². The molecule has 0 saturated carbocycles. The number of unbranched alkanes of at least 4 members (excludes halogenated alkanes) is 1. The third-order valence-corrected chi connectivity index (χ3v) is 6.32. The fourth-order valence-electron chi connectivity index (χ4n) is 4.10. The van der Waals surface area contributed by atoms with E-state index < -0.39 is 6.04 Å². The number of carbonyl (C=O) groups excluding carboxylic acids is 2. The number of aryl methyl sites for hydroxylation is 3. The molecule has 4 nitrogen and oxygen atoms in total.